The summed E-state index contributed by atoms with van der Waals surface area (Å²) in [5.41, 5.74) is 0.928. The average Bonchev–Trinajstić information content (AvgIpc) is 2.51. The quantitative estimate of drug-likeness (QED) is 0.687. The van der Waals surface area contributed by atoms with Crippen molar-refractivity contribution in [1.82, 2.24) is 4.98 Å². The maximum absolute atomic E-state index is 5.49. The Morgan fingerprint density at radius 1 is 1.75 bits per heavy atom. The van der Waals surface area contributed by atoms with Gasteiger partial charge in [-0.3, -0.25) is 0 Å². The van der Waals surface area contributed by atoms with Crippen LogP contribution in [0.5, 0.6) is 0 Å². The fourth-order valence-corrected chi connectivity index (χ4v) is 0.887. The molecule has 0 bridgehead atoms. The second kappa shape index (κ2) is 3.57. The number of aromatic nitrogens is 1. The Bertz CT molecular complexity index is 275. The summed E-state index contributed by atoms with van der Waals surface area (Å²) in [6, 6.07) is 0. The topological polar surface area (TPSA) is 26.0 Å². The molecule has 1 aromatic rings. The molecule has 1 rings (SSSR count). The molecule has 0 amide bonds. The fourth-order valence-electron chi connectivity index (χ4n) is 0.887. The number of hydrogen-bond acceptors (Lipinski definition) is 2. The van der Waals surface area contributed by atoms with Gasteiger partial charge in [-0.15, -0.1) is 0 Å². The first kappa shape index (κ1) is 9.04. The molecule has 2 heteroatoms. The maximum Gasteiger partial charge on any atom is 0.197 e. The van der Waals surface area contributed by atoms with Crippen molar-refractivity contribution in [2.75, 3.05) is 0 Å². The van der Waals surface area contributed by atoms with Gasteiger partial charge in [0.15, 0.2) is 5.89 Å². The molecule has 0 N–H and O–H groups in total. The first-order chi connectivity index (χ1) is 5.65. The minimum Gasteiger partial charge on any atom is -0.441 e. The largest absolute Gasteiger partial charge is 0.441 e. The van der Waals surface area contributed by atoms with Crippen molar-refractivity contribution in [3.05, 3.63) is 24.4 Å². The van der Waals surface area contributed by atoms with Gasteiger partial charge in [0.25, 0.3) is 0 Å². The molecule has 1 atom stereocenters. The average molecular weight is 165 g/mol. The summed E-state index contributed by atoms with van der Waals surface area (Å²) in [7, 11) is 0. The Labute approximate surface area is 73.3 Å². The molecule has 0 saturated heterocycles. The SMILES string of the molecule is C=C(C)c1cnc(C(C)CC)o1. The van der Waals surface area contributed by atoms with Crippen molar-refractivity contribution in [2.24, 2.45) is 0 Å². The van der Waals surface area contributed by atoms with Crippen molar-refractivity contribution in [2.45, 2.75) is 33.1 Å². The Balaban J connectivity index is 2.84. The van der Waals surface area contributed by atoms with E-state index >= 15 is 0 Å². The number of hydrogen-bond donors (Lipinski definition) is 0. The Hall–Kier alpha value is -1.05. The van der Waals surface area contributed by atoms with Gasteiger partial charge >= 0.3 is 0 Å². The van der Waals surface area contributed by atoms with E-state index in [9.17, 15) is 0 Å². The lowest BCUT2D eigenvalue weighted by molar-refractivity contribution is 0.445. The molecule has 1 unspecified atom stereocenters. The van der Waals surface area contributed by atoms with Gasteiger partial charge in [-0.25, -0.2) is 4.98 Å². The highest BCUT2D eigenvalue weighted by molar-refractivity contribution is 5.55. The first-order valence-corrected chi connectivity index (χ1v) is 4.26. The van der Waals surface area contributed by atoms with Crippen LogP contribution in [0, 0.1) is 0 Å². The molecule has 66 valence electrons. The summed E-state index contributed by atoms with van der Waals surface area (Å²) in [5.74, 6) is 2.01. The lowest BCUT2D eigenvalue weighted by atomic mass is 10.1. The third-order valence-electron chi connectivity index (χ3n) is 1.98. The smallest absolute Gasteiger partial charge is 0.197 e. The molecule has 0 spiro atoms. The van der Waals surface area contributed by atoms with Gasteiger partial charge in [-0.05, 0) is 18.9 Å². The van der Waals surface area contributed by atoms with Crippen LogP contribution in [0.3, 0.4) is 0 Å². The van der Waals surface area contributed by atoms with E-state index < -0.39 is 0 Å². The molecule has 0 aromatic carbocycles. The van der Waals surface area contributed by atoms with Gasteiger partial charge in [0.1, 0.15) is 5.76 Å². The van der Waals surface area contributed by atoms with Crippen LogP contribution in [0.2, 0.25) is 0 Å². The van der Waals surface area contributed by atoms with Crippen LogP contribution in [0.15, 0.2) is 17.2 Å². The molecular formula is C10H15NO. The van der Waals surface area contributed by atoms with E-state index in [1.54, 1.807) is 6.20 Å². The van der Waals surface area contributed by atoms with Crippen LogP contribution < -0.4 is 0 Å². The van der Waals surface area contributed by atoms with Crippen LogP contribution in [-0.2, 0) is 0 Å². The normalized spacial score (nSPS) is 12.9. The maximum atomic E-state index is 5.49. The summed E-state index contributed by atoms with van der Waals surface area (Å²) in [4.78, 5) is 4.18. The molecule has 0 aliphatic carbocycles. The van der Waals surface area contributed by atoms with Crippen LogP contribution in [0.25, 0.3) is 5.57 Å². The van der Waals surface area contributed by atoms with Crippen LogP contribution >= 0.6 is 0 Å². The van der Waals surface area contributed by atoms with Crippen molar-refractivity contribution in [3.63, 3.8) is 0 Å². The van der Waals surface area contributed by atoms with Crippen molar-refractivity contribution < 1.29 is 4.42 Å². The third-order valence-corrected chi connectivity index (χ3v) is 1.98. The van der Waals surface area contributed by atoms with E-state index in [4.69, 9.17) is 4.42 Å². The molecule has 0 saturated carbocycles. The number of rotatable bonds is 3. The van der Waals surface area contributed by atoms with Crippen LogP contribution in [-0.4, -0.2) is 4.98 Å². The van der Waals surface area contributed by atoms with Gasteiger partial charge in [0.2, 0.25) is 0 Å². The minimum absolute atomic E-state index is 0.401. The number of oxazole rings is 1. The second-order valence-electron chi connectivity index (χ2n) is 3.15. The molecule has 12 heavy (non-hydrogen) atoms. The van der Waals surface area contributed by atoms with Crippen LogP contribution in [0.1, 0.15) is 44.8 Å². The highest BCUT2D eigenvalue weighted by atomic mass is 16.4. The zero-order valence-electron chi connectivity index (χ0n) is 7.92. The number of nitrogens with zero attached hydrogens (tertiary/aromatic N) is 1. The number of allylic oxidation sites excluding steroid dienone is 1. The molecule has 2 nitrogen and oxygen atoms in total. The fraction of sp³-hybridized carbons (Fsp3) is 0.500. The van der Waals surface area contributed by atoms with Crippen molar-refractivity contribution >= 4 is 5.57 Å². The third kappa shape index (κ3) is 1.76. The minimum atomic E-state index is 0.401. The van der Waals surface area contributed by atoms with E-state index in [0.29, 0.717) is 5.92 Å². The lowest BCUT2D eigenvalue weighted by Gasteiger charge is -2.00. The van der Waals surface area contributed by atoms with E-state index in [2.05, 4.69) is 25.4 Å². The van der Waals surface area contributed by atoms with E-state index in [1.165, 1.54) is 0 Å². The van der Waals surface area contributed by atoms with E-state index in [-0.39, 0.29) is 0 Å². The Kier molecular flexibility index (Phi) is 2.69. The first-order valence-electron chi connectivity index (χ1n) is 4.26. The molecule has 1 heterocycles. The van der Waals surface area contributed by atoms with Crippen molar-refractivity contribution in [1.29, 1.82) is 0 Å². The zero-order chi connectivity index (χ0) is 9.14. The highest BCUT2D eigenvalue weighted by Gasteiger charge is 2.09. The molecule has 1 aromatic heterocycles. The summed E-state index contributed by atoms with van der Waals surface area (Å²) >= 11 is 0. The predicted octanol–water partition coefficient (Wildman–Crippen LogP) is 3.22. The monoisotopic (exact) mass is 165 g/mol. The van der Waals surface area contributed by atoms with E-state index in [0.717, 1.165) is 23.6 Å². The molecule has 0 aliphatic rings. The van der Waals surface area contributed by atoms with Crippen LogP contribution in [0.4, 0.5) is 0 Å². The molecule has 0 fully saturated rings. The van der Waals surface area contributed by atoms with Gasteiger partial charge in [0, 0.05) is 5.92 Å². The highest BCUT2D eigenvalue weighted by Crippen LogP contribution is 2.20. The predicted molar refractivity (Wildman–Crippen MR) is 49.9 cm³/mol. The molecular weight excluding hydrogens is 150 g/mol. The summed E-state index contributed by atoms with van der Waals surface area (Å²) in [6.45, 7) is 9.93. The summed E-state index contributed by atoms with van der Waals surface area (Å²) in [5, 5.41) is 0. The Morgan fingerprint density at radius 2 is 2.42 bits per heavy atom. The van der Waals surface area contributed by atoms with E-state index in [1.807, 2.05) is 6.92 Å². The Morgan fingerprint density at radius 3 is 2.83 bits per heavy atom. The van der Waals surface area contributed by atoms with Gasteiger partial charge in [0.05, 0.1) is 6.20 Å². The second-order valence-corrected chi connectivity index (χ2v) is 3.15. The van der Waals surface area contributed by atoms with Gasteiger partial charge < -0.3 is 4.42 Å². The molecule has 0 radical (unpaired) electrons. The molecule has 0 aliphatic heterocycles. The zero-order valence-corrected chi connectivity index (χ0v) is 7.92. The summed E-state index contributed by atoms with van der Waals surface area (Å²) in [6.07, 6.45) is 2.79. The lowest BCUT2D eigenvalue weighted by Crippen LogP contribution is -1.89. The summed E-state index contributed by atoms with van der Waals surface area (Å²) < 4.78 is 5.49. The standard InChI is InChI=1S/C10H15NO/c1-5-8(4)10-11-6-9(12-10)7(2)3/h6,8H,2,5H2,1,3-4H3. The van der Waals surface area contributed by atoms with Gasteiger partial charge in [-0.1, -0.05) is 20.4 Å². The van der Waals surface area contributed by atoms with Gasteiger partial charge in [-0.2, -0.15) is 0 Å². The van der Waals surface area contributed by atoms with Crippen molar-refractivity contribution in [3.8, 4) is 0 Å².